The zero-order chi connectivity index (χ0) is 22.0. The number of primary amides is 1. The lowest BCUT2D eigenvalue weighted by Crippen LogP contribution is -2.47. The maximum atomic E-state index is 13.3. The number of halogens is 1. The summed E-state index contributed by atoms with van der Waals surface area (Å²) in [5.41, 5.74) is 7.16. The van der Waals surface area contributed by atoms with Gasteiger partial charge in [-0.25, -0.2) is 13.9 Å². The molecule has 0 aliphatic carbocycles. The Bertz CT molecular complexity index is 1090. The summed E-state index contributed by atoms with van der Waals surface area (Å²) in [7, 11) is 0. The molecule has 4 rings (SSSR count). The molecule has 9 heteroatoms. The van der Waals surface area contributed by atoms with E-state index in [-0.39, 0.29) is 23.7 Å². The highest BCUT2D eigenvalue weighted by molar-refractivity contribution is 6.06. The summed E-state index contributed by atoms with van der Waals surface area (Å²) in [6, 6.07) is 5.57. The molecule has 162 valence electrons. The number of carbonyl (C=O) groups excluding carboxylic acids is 2. The largest absolute Gasteiger partial charge is 0.351 e. The van der Waals surface area contributed by atoms with Crippen LogP contribution in [0.5, 0.6) is 0 Å². The second kappa shape index (κ2) is 8.71. The van der Waals surface area contributed by atoms with Crippen LogP contribution >= 0.6 is 0 Å². The molecule has 1 aromatic carbocycles. The van der Waals surface area contributed by atoms with Crippen LogP contribution in [-0.4, -0.2) is 50.7 Å². The number of amides is 3. The number of hydrogen-bond acceptors (Lipinski definition) is 4. The van der Waals surface area contributed by atoms with Crippen molar-refractivity contribution in [3.8, 4) is 5.69 Å². The van der Waals surface area contributed by atoms with E-state index < -0.39 is 6.03 Å². The highest BCUT2D eigenvalue weighted by atomic mass is 19.1. The van der Waals surface area contributed by atoms with Gasteiger partial charge in [-0.1, -0.05) is 6.92 Å². The number of urea groups is 1. The Balaban J connectivity index is 1.54. The SMILES string of the molecule is CCC(NC(=O)c1cncc2c1cnn2-c1ccc(F)cc1)C1CCN(C(N)=O)CC1. The van der Waals surface area contributed by atoms with E-state index in [1.807, 2.05) is 6.92 Å². The average molecular weight is 424 g/mol. The number of benzene rings is 1. The minimum Gasteiger partial charge on any atom is -0.351 e. The molecule has 1 fully saturated rings. The van der Waals surface area contributed by atoms with Crippen molar-refractivity contribution in [2.45, 2.75) is 32.2 Å². The maximum absolute atomic E-state index is 13.3. The first-order valence-electron chi connectivity index (χ1n) is 10.4. The predicted molar refractivity (Wildman–Crippen MR) is 114 cm³/mol. The number of nitrogens with zero attached hydrogens (tertiary/aromatic N) is 4. The number of carbonyl (C=O) groups is 2. The van der Waals surface area contributed by atoms with Gasteiger partial charge in [0.25, 0.3) is 5.91 Å². The molecule has 1 unspecified atom stereocenters. The molecule has 31 heavy (non-hydrogen) atoms. The lowest BCUT2D eigenvalue weighted by atomic mass is 9.88. The Morgan fingerprint density at radius 2 is 1.90 bits per heavy atom. The molecular weight excluding hydrogens is 399 g/mol. The summed E-state index contributed by atoms with van der Waals surface area (Å²) in [5.74, 6) is -0.259. The van der Waals surface area contributed by atoms with Crippen LogP contribution in [0.4, 0.5) is 9.18 Å². The van der Waals surface area contributed by atoms with Crippen molar-refractivity contribution in [1.29, 1.82) is 0 Å². The van der Waals surface area contributed by atoms with Crippen LogP contribution in [0.1, 0.15) is 36.5 Å². The molecule has 3 heterocycles. The first-order valence-corrected chi connectivity index (χ1v) is 10.4. The topological polar surface area (TPSA) is 106 Å². The molecule has 0 bridgehead atoms. The van der Waals surface area contributed by atoms with Gasteiger partial charge in [0.2, 0.25) is 0 Å². The molecule has 1 aliphatic heterocycles. The van der Waals surface area contributed by atoms with E-state index in [0.29, 0.717) is 35.2 Å². The summed E-state index contributed by atoms with van der Waals surface area (Å²) < 4.78 is 14.9. The van der Waals surface area contributed by atoms with Crippen LogP contribution in [-0.2, 0) is 0 Å². The summed E-state index contributed by atoms with van der Waals surface area (Å²) in [4.78, 5) is 30.3. The van der Waals surface area contributed by atoms with Gasteiger partial charge in [-0.3, -0.25) is 9.78 Å². The molecule has 2 aromatic heterocycles. The van der Waals surface area contributed by atoms with Crippen LogP contribution in [0.25, 0.3) is 16.6 Å². The van der Waals surface area contributed by atoms with Crippen molar-refractivity contribution >= 4 is 22.8 Å². The fourth-order valence-electron chi connectivity index (χ4n) is 4.23. The molecular formula is C22H25FN6O2. The van der Waals surface area contributed by atoms with Gasteiger partial charge in [-0.05, 0) is 49.4 Å². The number of pyridine rings is 1. The first kappa shape index (κ1) is 20.8. The van der Waals surface area contributed by atoms with Crippen molar-refractivity contribution in [3.05, 3.63) is 54.2 Å². The fraction of sp³-hybridized carbons (Fsp3) is 0.364. The summed E-state index contributed by atoms with van der Waals surface area (Å²) >= 11 is 0. The van der Waals surface area contributed by atoms with Crippen LogP contribution < -0.4 is 11.1 Å². The first-order chi connectivity index (χ1) is 15.0. The maximum Gasteiger partial charge on any atom is 0.314 e. The number of nitrogens with one attached hydrogen (secondary N) is 1. The van der Waals surface area contributed by atoms with E-state index in [2.05, 4.69) is 15.4 Å². The van der Waals surface area contributed by atoms with Gasteiger partial charge < -0.3 is 16.0 Å². The smallest absolute Gasteiger partial charge is 0.314 e. The summed E-state index contributed by atoms with van der Waals surface area (Å²) in [6.45, 7) is 3.25. The van der Waals surface area contributed by atoms with Crippen molar-refractivity contribution in [2.75, 3.05) is 13.1 Å². The normalized spacial score (nSPS) is 15.7. The summed E-state index contributed by atoms with van der Waals surface area (Å²) in [5, 5.41) is 8.20. The highest BCUT2D eigenvalue weighted by Gasteiger charge is 2.28. The van der Waals surface area contributed by atoms with Gasteiger partial charge >= 0.3 is 6.03 Å². The molecule has 1 atom stereocenters. The molecule has 0 saturated carbocycles. The van der Waals surface area contributed by atoms with Crippen LogP contribution in [0.15, 0.2) is 42.9 Å². The van der Waals surface area contributed by atoms with Gasteiger partial charge in [0, 0.05) is 30.7 Å². The number of nitrogens with two attached hydrogens (primary N) is 1. The van der Waals surface area contributed by atoms with E-state index >= 15 is 0 Å². The summed E-state index contributed by atoms with van der Waals surface area (Å²) in [6.07, 6.45) is 7.18. The van der Waals surface area contributed by atoms with Crippen molar-refractivity contribution in [2.24, 2.45) is 11.7 Å². The van der Waals surface area contributed by atoms with Crippen molar-refractivity contribution in [3.63, 3.8) is 0 Å². The third-order valence-corrected chi connectivity index (χ3v) is 5.99. The number of fused-ring (bicyclic) bond motifs is 1. The van der Waals surface area contributed by atoms with Crippen LogP contribution in [0.3, 0.4) is 0 Å². The lowest BCUT2D eigenvalue weighted by molar-refractivity contribution is 0.0900. The molecule has 0 radical (unpaired) electrons. The van der Waals surface area contributed by atoms with E-state index in [4.69, 9.17) is 5.73 Å². The second-order valence-electron chi connectivity index (χ2n) is 7.80. The lowest BCUT2D eigenvalue weighted by Gasteiger charge is -2.35. The minimum atomic E-state index is -0.397. The van der Waals surface area contributed by atoms with Gasteiger partial charge in [0.1, 0.15) is 5.82 Å². The fourth-order valence-corrected chi connectivity index (χ4v) is 4.23. The quantitative estimate of drug-likeness (QED) is 0.657. The second-order valence-corrected chi connectivity index (χ2v) is 7.80. The minimum absolute atomic E-state index is 0.00933. The Morgan fingerprint density at radius 3 is 2.55 bits per heavy atom. The van der Waals surface area contributed by atoms with E-state index in [0.717, 1.165) is 19.3 Å². The van der Waals surface area contributed by atoms with Gasteiger partial charge in [-0.15, -0.1) is 0 Å². The van der Waals surface area contributed by atoms with Crippen LogP contribution in [0.2, 0.25) is 0 Å². The third-order valence-electron chi connectivity index (χ3n) is 5.99. The van der Waals surface area contributed by atoms with Gasteiger partial charge in [0.15, 0.2) is 0 Å². The number of likely N-dealkylation sites (tertiary alicyclic amines) is 1. The predicted octanol–water partition coefficient (Wildman–Crippen LogP) is 2.86. The number of piperidine rings is 1. The average Bonchev–Trinajstić information content (AvgIpc) is 3.22. The van der Waals surface area contributed by atoms with E-state index in [1.165, 1.54) is 18.3 Å². The molecule has 1 saturated heterocycles. The van der Waals surface area contributed by atoms with Crippen molar-refractivity contribution < 1.29 is 14.0 Å². The molecule has 1 aliphatic rings. The highest BCUT2D eigenvalue weighted by Crippen LogP contribution is 2.24. The van der Waals surface area contributed by atoms with E-state index in [1.54, 1.807) is 34.1 Å². The molecule has 8 nitrogen and oxygen atoms in total. The monoisotopic (exact) mass is 424 g/mol. The number of aromatic nitrogens is 3. The number of hydrogen-bond donors (Lipinski definition) is 2. The third kappa shape index (κ3) is 4.21. The molecule has 0 spiro atoms. The molecule has 3 amide bonds. The number of rotatable bonds is 5. The molecule has 3 aromatic rings. The zero-order valence-corrected chi connectivity index (χ0v) is 17.3. The van der Waals surface area contributed by atoms with Gasteiger partial charge in [0.05, 0.1) is 29.2 Å². The van der Waals surface area contributed by atoms with Gasteiger partial charge in [-0.2, -0.15) is 5.10 Å². The van der Waals surface area contributed by atoms with Crippen LogP contribution in [0, 0.1) is 11.7 Å². The molecule has 3 N–H and O–H groups in total. The Hall–Kier alpha value is -3.49. The Morgan fingerprint density at radius 1 is 1.19 bits per heavy atom. The van der Waals surface area contributed by atoms with Crippen molar-refractivity contribution in [1.82, 2.24) is 25.0 Å². The zero-order valence-electron chi connectivity index (χ0n) is 17.3. The Kier molecular flexibility index (Phi) is 5.83. The van der Waals surface area contributed by atoms with E-state index in [9.17, 15) is 14.0 Å². The Labute approximate surface area is 179 Å². The standard InChI is InChI=1S/C22H25FN6O2/c1-2-19(14-7-9-28(10-8-14)22(24)31)27-21(30)18-11-25-13-20-17(18)12-26-29(20)16-5-3-15(23)4-6-16/h3-6,11-14,19H,2,7-10H2,1H3,(H2,24,31)(H,27,30).